The van der Waals surface area contributed by atoms with E-state index >= 15 is 0 Å². The summed E-state index contributed by atoms with van der Waals surface area (Å²) in [5, 5.41) is 0. The van der Waals surface area contributed by atoms with Gasteiger partial charge in [0.25, 0.3) is 0 Å². The molecular weight excluding hydrogens is 262 g/mol. The molecule has 1 aromatic carbocycles. The van der Waals surface area contributed by atoms with Crippen molar-refractivity contribution < 1.29 is 4.79 Å². The zero-order valence-corrected chi connectivity index (χ0v) is 13.2. The van der Waals surface area contributed by atoms with Gasteiger partial charge in [-0.1, -0.05) is 30.3 Å². The van der Waals surface area contributed by atoms with Crippen molar-refractivity contribution in [2.24, 2.45) is 5.73 Å². The highest BCUT2D eigenvalue weighted by molar-refractivity contribution is 5.77. The van der Waals surface area contributed by atoms with Crippen LogP contribution in [0.3, 0.4) is 0 Å². The van der Waals surface area contributed by atoms with Crippen LogP contribution in [-0.4, -0.2) is 47.4 Å². The largest absolute Gasteiger partial charge is 0.339 e. The highest BCUT2D eigenvalue weighted by Gasteiger charge is 2.25. The summed E-state index contributed by atoms with van der Waals surface area (Å²) in [6.45, 7) is 7.81. The number of nitrogens with two attached hydrogens (primary N) is 1. The fraction of sp³-hybridized carbons (Fsp3) is 0.588. The van der Waals surface area contributed by atoms with E-state index in [9.17, 15) is 4.79 Å². The second-order valence-corrected chi connectivity index (χ2v) is 6.19. The fourth-order valence-electron chi connectivity index (χ4n) is 3.00. The standard InChI is InChI=1S/C17H27N3O/c1-14(18)11-17(21)20-10-6-9-19(12-15(20)2)13-16-7-4-3-5-8-16/h3-5,7-8,14-15H,6,9-13,18H2,1-2H3. The summed E-state index contributed by atoms with van der Waals surface area (Å²) in [6.07, 6.45) is 1.48. The molecule has 1 saturated heterocycles. The molecule has 4 heteroatoms. The van der Waals surface area contributed by atoms with Gasteiger partial charge in [0.15, 0.2) is 0 Å². The second kappa shape index (κ2) is 7.57. The van der Waals surface area contributed by atoms with Crippen molar-refractivity contribution in [1.82, 2.24) is 9.80 Å². The zero-order chi connectivity index (χ0) is 15.2. The lowest BCUT2D eigenvalue weighted by Gasteiger charge is -2.29. The van der Waals surface area contributed by atoms with E-state index in [0.29, 0.717) is 6.42 Å². The van der Waals surface area contributed by atoms with Crippen LogP contribution in [0.4, 0.5) is 0 Å². The van der Waals surface area contributed by atoms with Crippen LogP contribution in [0.1, 0.15) is 32.3 Å². The van der Waals surface area contributed by atoms with Crippen molar-refractivity contribution in [3.05, 3.63) is 35.9 Å². The molecule has 0 radical (unpaired) electrons. The molecule has 2 rings (SSSR count). The van der Waals surface area contributed by atoms with E-state index in [1.165, 1.54) is 5.56 Å². The molecule has 0 saturated carbocycles. The lowest BCUT2D eigenvalue weighted by molar-refractivity contribution is -0.133. The highest BCUT2D eigenvalue weighted by Crippen LogP contribution is 2.14. The first-order valence-electron chi connectivity index (χ1n) is 7.87. The van der Waals surface area contributed by atoms with Crippen LogP contribution in [0.25, 0.3) is 0 Å². The molecule has 116 valence electrons. The number of amides is 1. The minimum absolute atomic E-state index is 0.0617. The molecule has 0 bridgehead atoms. The van der Waals surface area contributed by atoms with Gasteiger partial charge in [0.05, 0.1) is 0 Å². The van der Waals surface area contributed by atoms with Crippen molar-refractivity contribution in [1.29, 1.82) is 0 Å². The summed E-state index contributed by atoms with van der Waals surface area (Å²) in [7, 11) is 0. The van der Waals surface area contributed by atoms with Gasteiger partial charge >= 0.3 is 0 Å². The second-order valence-electron chi connectivity index (χ2n) is 6.19. The first-order valence-corrected chi connectivity index (χ1v) is 7.87. The Hall–Kier alpha value is -1.39. The number of hydrogen-bond acceptors (Lipinski definition) is 3. The number of rotatable bonds is 4. The smallest absolute Gasteiger partial charge is 0.224 e. The van der Waals surface area contributed by atoms with Crippen LogP contribution in [0.15, 0.2) is 30.3 Å². The third kappa shape index (κ3) is 4.83. The Morgan fingerprint density at radius 2 is 2.05 bits per heavy atom. The van der Waals surface area contributed by atoms with Crippen molar-refractivity contribution in [2.45, 2.75) is 45.3 Å². The lowest BCUT2D eigenvalue weighted by Crippen LogP contribution is -2.44. The van der Waals surface area contributed by atoms with E-state index in [1.807, 2.05) is 17.9 Å². The topological polar surface area (TPSA) is 49.6 Å². The van der Waals surface area contributed by atoms with Crippen LogP contribution in [0.5, 0.6) is 0 Å². The number of nitrogens with zero attached hydrogens (tertiary/aromatic N) is 2. The molecule has 4 nitrogen and oxygen atoms in total. The number of hydrogen-bond donors (Lipinski definition) is 1. The van der Waals surface area contributed by atoms with Gasteiger partial charge < -0.3 is 10.6 Å². The molecule has 1 aromatic rings. The first kappa shape index (κ1) is 16.0. The summed E-state index contributed by atoms with van der Waals surface area (Å²) >= 11 is 0. The van der Waals surface area contributed by atoms with Crippen LogP contribution in [-0.2, 0) is 11.3 Å². The van der Waals surface area contributed by atoms with Gasteiger partial charge in [-0.3, -0.25) is 9.69 Å². The SMILES string of the molecule is CC(N)CC(=O)N1CCCN(Cc2ccccc2)CC1C. The van der Waals surface area contributed by atoms with E-state index in [2.05, 4.69) is 36.1 Å². The fourth-order valence-corrected chi connectivity index (χ4v) is 3.00. The Bertz CT molecular complexity index is 447. The molecule has 2 N–H and O–H groups in total. The minimum Gasteiger partial charge on any atom is -0.339 e. The predicted molar refractivity (Wildman–Crippen MR) is 85.8 cm³/mol. The van der Waals surface area contributed by atoms with Crippen molar-refractivity contribution in [2.75, 3.05) is 19.6 Å². The number of carbonyl (C=O) groups is 1. The van der Waals surface area contributed by atoms with Gasteiger partial charge in [-0.05, 0) is 25.8 Å². The van der Waals surface area contributed by atoms with E-state index in [-0.39, 0.29) is 18.0 Å². The maximum absolute atomic E-state index is 12.3. The first-order chi connectivity index (χ1) is 10.1. The lowest BCUT2D eigenvalue weighted by atomic mass is 10.2. The van der Waals surface area contributed by atoms with E-state index in [4.69, 9.17) is 5.73 Å². The molecule has 2 unspecified atom stereocenters. The maximum Gasteiger partial charge on any atom is 0.224 e. The number of benzene rings is 1. The van der Waals surface area contributed by atoms with Crippen LogP contribution in [0, 0.1) is 0 Å². The Morgan fingerprint density at radius 1 is 1.33 bits per heavy atom. The molecule has 1 amide bonds. The number of carbonyl (C=O) groups excluding carboxylic acids is 1. The molecule has 2 atom stereocenters. The van der Waals surface area contributed by atoms with E-state index in [1.54, 1.807) is 0 Å². The third-order valence-electron chi connectivity index (χ3n) is 3.99. The minimum atomic E-state index is -0.0617. The third-order valence-corrected chi connectivity index (χ3v) is 3.99. The molecule has 21 heavy (non-hydrogen) atoms. The van der Waals surface area contributed by atoms with Gasteiger partial charge in [-0.25, -0.2) is 0 Å². The Labute approximate surface area is 127 Å². The van der Waals surface area contributed by atoms with Crippen LogP contribution in [0.2, 0.25) is 0 Å². The van der Waals surface area contributed by atoms with Gasteiger partial charge in [0.2, 0.25) is 5.91 Å². The normalized spacial score (nSPS) is 21.9. The molecular formula is C17H27N3O. The van der Waals surface area contributed by atoms with Crippen molar-refractivity contribution in [3.63, 3.8) is 0 Å². The Balaban J connectivity index is 1.94. The van der Waals surface area contributed by atoms with Gasteiger partial charge in [-0.2, -0.15) is 0 Å². The summed E-state index contributed by atoms with van der Waals surface area (Å²) < 4.78 is 0. The monoisotopic (exact) mass is 289 g/mol. The molecule has 1 aliphatic rings. The molecule has 0 spiro atoms. The average Bonchev–Trinajstić information content (AvgIpc) is 2.60. The quantitative estimate of drug-likeness (QED) is 0.920. The molecule has 0 aliphatic carbocycles. The molecule has 0 aromatic heterocycles. The Kier molecular flexibility index (Phi) is 5.76. The van der Waals surface area contributed by atoms with Crippen molar-refractivity contribution >= 4 is 5.91 Å². The summed E-state index contributed by atoms with van der Waals surface area (Å²) in [5.41, 5.74) is 7.09. The van der Waals surface area contributed by atoms with Gasteiger partial charge in [0.1, 0.15) is 0 Å². The Morgan fingerprint density at radius 3 is 2.71 bits per heavy atom. The zero-order valence-electron chi connectivity index (χ0n) is 13.2. The van der Waals surface area contributed by atoms with Crippen LogP contribution < -0.4 is 5.73 Å². The van der Waals surface area contributed by atoms with Gasteiger partial charge in [0, 0.05) is 44.7 Å². The molecule has 1 aliphatic heterocycles. The summed E-state index contributed by atoms with van der Waals surface area (Å²) in [6, 6.07) is 10.7. The highest BCUT2D eigenvalue weighted by atomic mass is 16.2. The van der Waals surface area contributed by atoms with E-state index in [0.717, 1.165) is 32.6 Å². The maximum atomic E-state index is 12.3. The average molecular weight is 289 g/mol. The van der Waals surface area contributed by atoms with Crippen LogP contribution >= 0.6 is 0 Å². The molecule has 1 fully saturated rings. The predicted octanol–water partition coefficient (Wildman–Crippen LogP) is 1.85. The van der Waals surface area contributed by atoms with Gasteiger partial charge in [-0.15, -0.1) is 0 Å². The summed E-state index contributed by atoms with van der Waals surface area (Å²) in [5.74, 6) is 0.194. The van der Waals surface area contributed by atoms with Crippen molar-refractivity contribution in [3.8, 4) is 0 Å². The summed E-state index contributed by atoms with van der Waals surface area (Å²) in [4.78, 5) is 16.7. The molecule has 1 heterocycles. The van der Waals surface area contributed by atoms with E-state index < -0.39 is 0 Å².